The number of nitrogens with zero attached hydrogens (tertiary/aromatic N) is 2. The maximum absolute atomic E-state index is 5.80. The van der Waals surface area contributed by atoms with Crippen molar-refractivity contribution in [1.82, 2.24) is 9.88 Å². The molecular weight excluding hydrogens is 260 g/mol. The van der Waals surface area contributed by atoms with Gasteiger partial charge in [0.15, 0.2) is 0 Å². The number of benzene rings is 1. The number of aromatic nitrogens is 1. The van der Waals surface area contributed by atoms with Gasteiger partial charge in [-0.15, -0.1) is 0 Å². The molecule has 4 heteroatoms. The first-order valence-corrected chi connectivity index (χ1v) is 7.51. The molecule has 2 rings (SSSR count). The van der Waals surface area contributed by atoms with E-state index in [1.54, 1.807) is 0 Å². The van der Waals surface area contributed by atoms with Gasteiger partial charge in [0.25, 0.3) is 0 Å². The molecular formula is C17H26N4. The Labute approximate surface area is 127 Å². The minimum absolute atomic E-state index is 0.402. The summed E-state index contributed by atoms with van der Waals surface area (Å²) in [5.74, 6) is 1.59. The molecule has 0 saturated heterocycles. The highest BCUT2D eigenvalue weighted by atomic mass is 15.1. The number of nitrogens with two attached hydrogens (primary N) is 1. The summed E-state index contributed by atoms with van der Waals surface area (Å²) in [5, 5.41) is 4.64. The molecule has 1 atom stereocenters. The summed E-state index contributed by atoms with van der Waals surface area (Å²) in [6, 6.07) is 10.3. The Hall–Kier alpha value is -1.81. The monoisotopic (exact) mass is 286 g/mol. The number of anilines is 2. The number of rotatable bonds is 6. The third-order valence-electron chi connectivity index (χ3n) is 3.41. The Morgan fingerprint density at radius 3 is 2.62 bits per heavy atom. The van der Waals surface area contributed by atoms with Gasteiger partial charge in [0.05, 0.1) is 5.52 Å². The number of hydrogen-bond donors (Lipinski definition) is 2. The molecule has 4 nitrogen and oxygen atoms in total. The lowest BCUT2D eigenvalue weighted by Gasteiger charge is -2.24. The van der Waals surface area contributed by atoms with Crippen molar-refractivity contribution in [3.63, 3.8) is 0 Å². The van der Waals surface area contributed by atoms with E-state index in [2.05, 4.69) is 49.2 Å². The second-order valence-corrected chi connectivity index (χ2v) is 6.38. The molecule has 0 aliphatic carbocycles. The lowest BCUT2D eigenvalue weighted by atomic mass is 10.0. The van der Waals surface area contributed by atoms with Crippen LogP contribution in [0.5, 0.6) is 0 Å². The molecule has 0 saturated carbocycles. The van der Waals surface area contributed by atoms with Crippen LogP contribution in [0, 0.1) is 5.92 Å². The second kappa shape index (κ2) is 6.76. The zero-order chi connectivity index (χ0) is 15.4. The molecule has 1 aromatic heterocycles. The minimum Gasteiger partial charge on any atom is -0.399 e. The van der Waals surface area contributed by atoms with Gasteiger partial charge in [-0.3, -0.25) is 0 Å². The van der Waals surface area contributed by atoms with Crippen molar-refractivity contribution in [2.75, 3.05) is 31.7 Å². The molecule has 0 fully saturated rings. The van der Waals surface area contributed by atoms with Crippen molar-refractivity contribution in [1.29, 1.82) is 0 Å². The van der Waals surface area contributed by atoms with Gasteiger partial charge in [-0.2, -0.15) is 0 Å². The normalized spacial score (nSPS) is 13.0. The Balaban J connectivity index is 2.17. The molecule has 0 spiro atoms. The molecule has 1 heterocycles. The van der Waals surface area contributed by atoms with Gasteiger partial charge in [0, 0.05) is 23.7 Å². The largest absolute Gasteiger partial charge is 0.399 e. The van der Waals surface area contributed by atoms with Crippen LogP contribution in [0.4, 0.5) is 11.5 Å². The number of hydrogen-bond acceptors (Lipinski definition) is 4. The van der Waals surface area contributed by atoms with E-state index < -0.39 is 0 Å². The summed E-state index contributed by atoms with van der Waals surface area (Å²) < 4.78 is 0. The molecule has 3 N–H and O–H groups in total. The smallest absolute Gasteiger partial charge is 0.126 e. The van der Waals surface area contributed by atoms with Crippen molar-refractivity contribution < 1.29 is 0 Å². The molecule has 1 aromatic carbocycles. The molecule has 0 aliphatic heterocycles. The maximum Gasteiger partial charge on any atom is 0.126 e. The standard InChI is InChI=1S/C17H26N4/c1-12(2)9-15(11-21(3)4)19-17-8-5-13-10-14(18)6-7-16(13)20-17/h5-8,10,12,15H,9,11,18H2,1-4H3,(H,19,20). The van der Waals surface area contributed by atoms with Crippen LogP contribution in [0.3, 0.4) is 0 Å². The molecule has 21 heavy (non-hydrogen) atoms. The van der Waals surface area contributed by atoms with E-state index in [0.717, 1.165) is 35.4 Å². The number of nitrogen functional groups attached to an aromatic ring is 1. The van der Waals surface area contributed by atoms with Gasteiger partial charge < -0.3 is 16.0 Å². The fourth-order valence-electron chi connectivity index (χ4n) is 2.62. The number of nitrogens with one attached hydrogen (secondary N) is 1. The summed E-state index contributed by atoms with van der Waals surface area (Å²) in [6.45, 7) is 5.50. The van der Waals surface area contributed by atoms with Crippen LogP contribution in [0.2, 0.25) is 0 Å². The van der Waals surface area contributed by atoms with Crippen LogP contribution in [0.1, 0.15) is 20.3 Å². The topological polar surface area (TPSA) is 54.2 Å². The minimum atomic E-state index is 0.402. The predicted molar refractivity (Wildman–Crippen MR) is 91.6 cm³/mol. The van der Waals surface area contributed by atoms with Crippen LogP contribution in [0.15, 0.2) is 30.3 Å². The molecule has 114 valence electrons. The summed E-state index contributed by atoms with van der Waals surface area (Å²) in [6.07, 6.45) is 1.12. The van der Waals surface area contributed by atoms with E-state index in [9.17, 15) is 0 Å². The second-order valence-electron chi connectivity index (χ2n) is 6.38. The molecule has 0 bridgehead atoms. The van der Waals surface area contributed by atoms with Crippen molar-refractivity contribution in [3.8, 4) is 0 Å². The summed E-state index contributed by atoms with van der Waals surface area (Å²) >= 11 is 0. The number of pyridine rings is 1. The highest BCUT2D eigenvalue weighted by Crippen LogP contribution is 2.19. The van der Waals surface area contributed by atoms with Gasteiger partial charge in [-0.25, -0.2) is 4.98 Å². The van der Waals surface area contributed by atoms with Crippen molar-refractivity contribution in [2.24, 2.45) is 5.92 Å². The third-order valence-corrected chi connectivity index (χ3v) is 3.41. The lowest BCUT2D eigenvalue weighted by Crippen LogP contribution is -2.33. The molecule has 0 amide bonds. The van der Waals surface area contributed by atoms with Gasteiger partial charge in [-0.1, -0.05) is 13.8 Å². The van der Waals surface area contributed by atoms with Crippen LogP contribution in [-0.2, 0) is 0 Å². The number of likely N-dealkylation sites (N-methyl/N-ethyl adjacent to an activating group) is 1. The van der Waals surface area contributed by atoms with Crippen LogP contribution >= 0.6 is 0 Å². The first-order chi connectivity index (χ1) is 9.94. The SMILES string of the molecule is CC(C)CC(CN(C)C)Nc1ccc2cc(N)ccc2n1. The van der Waals surface area contributed by atoms with E-state index in [-0.39, 0.29) is 0 Å². The average Bonchev–Trinajstić information content (AvgIpc) is 2.37. The number of fused-ring (bicyclic) bond motifs is 1. The Morgan fingerprint density at radius 1 is 1.19 bits per heavy atom. The third kappa shape index (κ3) is 4.60. The fourth-order valence-corrected chi connectivity index (χ4v) is 2.62. The van der Waals surface area contributed by atoms with Crippen molar-refractivity contribution >= 4 is 22.4 Å². The Morgan fingerprint density at radius 2 is 1.95 bits per heavy atom. The highest BCUT2D eigenvalue weighted by Gasteiger charge is 2.12. The van der Waals surface area contributed by atoms with E-state index in [1.165, 1.54) is 0 Å². The van der Waals surface area contributed by atoms with Crippen LogP contribution < -0.4 is 11.1 Å². The Kier molecular flexibility index (Phi) is 5.02. The van der Waals surface area contributed by atoms with E-state index in [4.69, 9.17) is 5.73 Å². The van der Waals surface area contributed by atoms with E-state index in [1.807, 2.05) is 24.3 Å². The predicted octanol–water partition coefficient (Wildman–Crippen LogP) is 3.21. The highest BCUT2D eigenvalue weighted by molar-refractivity contribution is 5.83. The first kappa shape index (κ1) is 15.6. The molecule has 1 unspecified atom stereocenters. The summed E-state index contributed by atoms with van der Waals surface area (Å²) in [4.78, 5) is 6.90. The fraction of sp³-hybridized carbons (Fsp3) is 0.471. The molecule has 0 radical (unpaired) electrons. The first-order valence-electron chi connectivity index (χ1n) is 7.51. The lowest BCUT2D eigenvalue weighted by molar-refractivity contribution is 0.356. The molecule has 2 aromatic rings. The quantitative estimate of drug-likeness (QED) is 0.801. The summed E-state index contributed by atoms with van der Waals surface area (Å²) in [7, 11) is 4.21. The van der Waals surface area contributed by atoms with Crippen LogP contribution in [-0.4, -0.2) is 36.6 Å². The van der Waals surface area contributed by atoms with Gasteiger partial charge >= 0.3 is 0 Å². The van der Waals surface area contributed by atoms with Crippen molar-refractivity contribution in [2.45, 2.75) is 26.3 Å². The average molecular weight is 286 g/mol. The van der Waals surface area contributed by atoms with Gasteiger partial charge in [0.1, 0.15) is 5.82 Å². The molecule has 0 aliphatic rings. The zero-order valence-electron chi connectivity index (χ0n) is 13.4. The van der Waals surface area contributed by atoms with Gasteiger partial charge in [-0.05, 0) is 56.8 Å². The van der Waals surface area contributed by atoms with Crippen molar-refractivity contribution in [3.05, 3.63) is 30.3 Å². The van der Waals surface area contributed by atoms with E-state index in [0.29, 0.717) is 12.0 Å². The summed E-state index contributed by atoms with van der Waals surface area (Å²) in [5.41, 5.74) is 7.55. The maximum atomic E-state index is 5.80. The zero-order valence-corrected chi connectivity index (χ0v) is 13.4. The van der Waals surface area contributed by atoms with E-state index >= 15 is 0 Å². The Bertz CT molecular complexity index is 582. The van der Waals surface area contributed by atoms with Gasteiger partial charge in [0.2, 0.25) is 0 Å². The van der Waals surface area contributed by atoms with Crippen LogP contribution in [0.25, 0.3) is 10.9 Å².